The summed E-state index contributed by atoms with van der Waals surface area (Å²) in [5.74, 6) is 0.311. The van der Waals surface area contributed by atoms with Gasteiger partial charge in [0.2, 0.25) is 0 Å². The van der Waals surface area contributed by atoms with Gasteiger partial charge in [0.1, 0.15) is 21.1 Å². The lowest BCUT2D eigenvalue weighted by Gasteiger charge is -2.19. The van der Waals surface area contributed by atoms with Crippen molar-refractivity contribution in [1.82, 2.24) is 4.98 Å². The number of aryl methyl sites for hydroxylation is 1. The van der Waals surface area contributed by atoms with E-state index in [1.807, 2.05) is 39.8 Å². The van der Waals surface area contributed by atoms with Crippen LogP contribution < -0.4 is 5.73 Å². The quantitative estimate of drug-likeness (QED) is 0.624. The van der Waals surface area contributed by atoms with Crippen LogP contribution in [0.3, 0.4) is 0 Å². The summed E-state index contributed by atoms with van der Waals surface area (Å²) in [6.45, 7) is 9.66. The fourth-order valence-corrected chi connectivity index (χ4v) is 3.98. The van der Waals surface area contributed by atoms with Crippen LogP contribution in [0.5, 0.6) is 0 Å². The maximum atomic E-state index is 12.6. The molecule has 0 radical (unpaired) electrons. The first-order chi connectivity index (χ1) is 12.2. The van der Waals surface area contributed by atoms with Crippen LogP contribution in [0.25, 0.3) is 21.5 Å². The van der Waals surface area contributed by atoms with Crippen molar-refractivity contribution in [3.8, 4) is 11.3 Å². The topological polar surface area (TPSA) is 78.3 Å². The highest BCUT2D eigenvalue weighted by Gasteiger charge is 2.27. The number of furan rings is 1. The molecule has 0 unspecified atom stereocenters. The van der Waals surface area contributed by atoms with Crippen LogP contribution in [-0.4, -0.2) is 16.6 Å². The van der Waals surface area contributed by atoms with E-state index in [1.54, 1.807) is 6.26 Å². The summed E-state index contributed by atoms with van der Waals surface area (Å²) < 4.78 is 11.2. The Hall–Kier alpha value is -2.34. The average Bonchev–Trinajstić information content (AvgIpc) is 3.16. The summed E-state index contributed by atoms with van der Waals surface area (Å²) in [5, 5.41) is 0.767. The minimum absolute atomic E-state index is 0.392. The Morgan fingerprint density at radius 1 is 1.38 bits per heavy atom. The van der Waals surface area contributed by atoms with Gasteiger partial charge in [0.05, 0.1) is 12.0 Å². The van der Waals surface area contributed by atoms with Gasteiger partial charge in [-0.2, -0.15) is 0 Å². The monoisotopic (exact) mass is 372 g/mol. The molecule has 3 aromatic heterocycles. The number of hydrogen-bond acceptors (Lipinski definition) is 6. The molecule has 0 amide bonds. The largest absolute Gasteiger partial charge is 0.464 e. The predicted molar refractivity (Wildman–Crippen MR) is 106 cm³/mol. The second-order valence-electron chi connectivity index (χ2n) is 7.31. The number of nitrogens with zero attached hydrogens (tertiary/aromatic N) is 1. The maximum Gasteiger partial charge on any atom is 0.351 e. The number of carbonyl (C=O) groups is 1. The SMILES string of the molecule is CCCc1nc2sc(C(=O)OC(C)(C)C)c(N)c2c(-c2ccco2)c1C. The van der Waals surface area contributed by atoms with Gasteiger partial charge in [0, 0.05) is 16.6 Å². The summed E-state index contributed by atoms with van der Waals surface area (Å²) in [6, 6.07) is 3.75. The van der Waals surface area contributed by atoms with E-state index in [9.17, 15) is 4.79 Å². The van der Waals surface area contributed by atoms with Crippen molar-refractivity contribution >= 4 is 33.2 Å². The first kappa shape index (κ1) is 18.5. The number of carbonyl (C=O) groups excluding carboxylic acids is 1. The average molecular weight is 372 g/mol. The van der Waals surface area contributed by atoms with Gasteiger partial charge < -0.3 is 14.9 Å². The molecule has 0 saturated carbocycles. The molecule has 5 nitrogen and oxygen atoms in total. The van der Waals surface area contributed by atoms with E-state index >= 15 is 0 Å². The minimum atomic E-state index is -0.583. The van der Waals surface area contributed by atoms with Crippen molar-refractivity contribution in [2.45, 2.75) is 53.1 Å². The second-order valence-corrected chi connectivity index (χ2v) is 8.31. The molecule has 3 aromatic rings. The Labute approximate surface area is 157 Å². The zero-order chi connectivity index (χ0) is 19.1. The molecular formula is C20H24N2O3S. The van der Waals surface area contributed by atoms with Gasteiger partial charge >= 0.3 is 5.97 Å². The molecule has 0 bridgehead atoms. The Morgan fingerprint density at radius 2 is 2.12 bits per heavy atom. The molecule has 2 N–H and O–H groups in total. The van der Waals surface area contributed by atoms with Crippen molar-refractivity contribution in [3.63, 3.8) is 0 Å². The fourth-order valence-electron chi connectivity index (χ4n) is 2.98. The number of aromatic nitrogens is 1. The molecule has 138 valence electrons. The molecule has 0 aliphatic carbocycles. The first-order valence-electron chi connectivity index (χ1n) is 8.71. The van der Waals surface area contributed by atoms with E-state index < -0.39 is 11.6 Å². The molecule has 0 saturated heterocycles. The van der Waals surface area contributed by atoms with Gasteiger partial charge in [-0.25, -0.2) is 9.78 Å². The molecule has 26 heavy (non-hydrogen) atoms. The highest BCUT2D eigenvalue weighted by atomic mass is 32.1. The number of hydrogen-bond donors (Lipinski definition) is 1. The fraction of sp³-hybridized carbons (Fsp3) is 0.400. The first-order valence-corrected chi connectivity index (χ1v) is 9.53. The van der Waals surface area contributed by atoms with Crippen molar-refractivity contribution in [3.05, 3.63) is 34.5 Å². The van der Waals surface area contributed by atoms with Gasteiger partial charge in [-0.05, 0) is 51.8 Å². The van der Waals surface area contributed by atoms with Crippen LogP contribution in [0.15, 0.2) is 22.8 Å². The highest BCUT2D eigenvalue weighted by molar-refractivity contribution is 7.21. The molecule has 0 spiro atoms. The Bertz CT molecular complexity index is 950. The molecule has 3 heterocycles. The summed E-state index contributed by atoms with van der Waals surface area (Å²) in [4.78, 5) is 18.5. The molecule has 6 heteroatoms. The highest BCUT2D eigenvalue weighted by Crippen LogP contribution is 2.42. The Balaban J connectivity index is 2.26. The van der Waals surface area contributed by atoms with Crippen LogP contribution in [-0.2, 0) is 11.2 Å². The van der Waals surface area contributed by atoms with E-state index in [1.165, 1.54) is 11.3 Å². The number of esters is 1. The lowest BCUT2D eigenvalue weighted by molar-refractivity contribution is 0.00764. The van der Waals surface area contributed by atoms with Crippen molar-refractivity contribution in [1.29, 1.82) is 0 Å². The molecule has 0 aliphatic rings. The van der Waals surface area contributed by atoms with Crippen LogP contribution >= 0.6 is 11.3 Å². The molecule has 0 fully saturated rings. The standard InChI is InChI=1S/C20H24N2O3S/c1-6-8-12-11(2)14(13-9-7-10-24-13)15-16(21)17(26-18(15)22-12)19(23)25-20(3,4)5/h7,9-10H,6,8,21H2,1-5H3. The third kappa shape index (κ3) is 3.33. The normalized spacial score (nSPS) is 11.9. The van der Waals surface area contributed by atoms with Gasteiger partial charge in [0.15, 0.2) is 0 Å². The smallest absolute Gasteiger partial charge is 0.351 e. The van der Waals surface area contributed by atoms with E-state index in [0.29, 0.717) is 10.6 Å². The molecule has 0 aliphatic heterocycles. The zero-order valence-corrected chi connectivity index (χ0v) is 16.6. The Morgan fingerprint density at radius 3 is 2.69 bits per heavy atom. The Kier molecular flexibility index (Phi) is 4.80. The lowest BCUT2D eigenvalue weighted by Crippen LogP contribution is -2.23. The number of rotatable bonds is 4. The van der Waals surface area contributed by atoms with Crippen molar-refractivity contribution in [2.24, 2.45) is 0 Å². The molecular weight excluding hydrogens is 348 g/mol. The zero-order valence-electron chi connectivity index (χ0n) is 15.8. The lowest BCUT2D eigenvalue weighted by atomic mass is 9.99. The predicted octanol–water partition coefficient (Wildman–Crippen LogP) is 5.35. The minimum Gasteiger partial charge on any atom is -0.464 e. The van der Waals surface area contributed by atoms with E-state index in [-0.39, 0.29) is 0 Å². The third-order valence-corrected chi connectivity index (χ3v) is 5.14. The van der Waals surface area contributed by atoms with Crippen LogP contribution in [0.2, 0.25) is 0 Å². The van der Waals surface area contributed by atoms with Crippen molar-refractivity contribution in [2.75, 3.05) is 5.73 Å². The van der Waals surface area contributed by atoms with Crippen LogP contribution in [0.4, 0.5) is 5.69 Å². The van der Waals surface area contributed by atoms with Crippen LogP contribution in [0.1, 0.15) is 55.0 Å². The summed E-state index contributed by atoms with van der Waals surface area (Å²) in [7, 11) is 0. The van der Waals surface area contributed by atoms with Gasteiger partial charge in [-0.1, -0.05) is 13.3 Å². The van der Waals surface area contributed by atoms with E-state index in [2.05, 4.69) is 6.92 Å². The number of ether oxygens (including phenoxy) is 1. The number of pyridine rings is 1. The number of thiophene rings is 1. The number of anilines is 1. The molecule has 0 aromatic carbocycles. The number of nitrogen functional groups attached to an aromatic ring is 1. The summed E-state index contributed by atoms with van der Waals surface area (Å²) in [6.07, 6.45) is 3.48. The maximum absolute atomic E-state index is 12.6. The van der Waals surface area contributed by atoms with Crippen molar-refractivity contribution < 1.29 is 13.9 Å². The van der Waals surface area contributed by atoms with Gasteiger partial charge in [0.25, 0.3) is 0 Å². The summed E-state index contributed by atoms with van der Waals surface area (Å²) >= 11 is 1.28. The summed E-state index contributed by atoms with van der Waals surface area (Å²) in [5.41, 5.74) is 9.16. The van der Waals surface area contributed by atoms with E-state index in [0.717, 1.165) is 45.6 Å². The van der Waals surface area contributed by atoms with Crippen LogP contribution in [0, 0.1) is 6.92 Å². The third-order valence-electron chi connectivity index (χ3n) is 4.06. The van der Waals surface area contributed by atoms with Gasteiger partial charge in [-0.15, -0.1) is 11.3 Å². The van der Waals surface area contributed by atoms with Gasteiger partial charge in [-0.3, -0.25) is 0 Å². The van der Waals surface area contributed by atoms with E-state index in [4.69, 9.17) is 19.9 Å². The second kappa shape index (κ2) is 6.76. The number of nitrogens with two attached hydrogens (primary N) is 1. The molecule has 3 rings (SSSR count). The number of fused-ring (bicyclic) bond motifs is 1. The molecule has 0 atom stereocenters.